The largest absolute Gasteiger partial charge is 0.455 e. The second-order valence-electron chi connectivity index (χ2n) is 34.4. The average molecular weight is 1540 g/mol. The van der Waals surface area contributed by atoms with Gasteiger partial charge in [0.1, 0.15) is 44.7 Å². The molecule has 20 aromatic carbocycles. The molecular weight excluding hydrogens is 1460 g/mol. The fraction of sp³-hybridized carbons (Fsp3) is 0.103. The van der Waals surface area contributed by atoms with Crippen molar-refractivity contribution in [3.63, 3.8) is 0 Å². The molecule has 0 aliphatic heterocycles. The number of rotatable bonds is 8. The van der Waals surface area contributed by atoms with E-state index in [2.05, 4.69) is 374 Å². The van der Waals surface area contributed by atoms with Gasteiger partial charge in [0.15, 0.2) is 0 Å². The number of benzene rings is 20. The summed E-state index contributed by atoms with van der Waals surface area (Å²) in [4.78, 5) is 0. The molecule has 0 bridgehead atoms. The highest BCUT2D eigenvalue weighted by atomic mass is 16.3. The van der Waals surface area contributed by atoms with Gasteiger partial charge >= 0.3 is 0 Å². The Balaban J connectivity index is 0.000000140. The molecule has 4 heteroatoms. The van der Waals surface area contributed by atoms with E-state index in [9.17, 15) is 0 Å². The molecule has 4 heterocycles. The second-order valence-corrected chi connectivity index (χ2v) is 34.4. The Morgan fingerprint density at radius 1 is 0.150 bits per heavy atom. The Labute approximate surface area is 695 Å². The molecule has 0 aliphatic carbocycles. The van der Waals surface area contributed by atoms with Gasteiger partial charge in [-0.1, -0.05) is 216 Å². The third-order valence-corrected chi connectivity index (χ3v) is 26.5. The maximum absolute atomic E-state index is 7.12. The molecule has 0 unspecified atom stereocenters. The third-order valence-electron chi connectivity index (χ3n) is 26.5. The van der Waals surface area contributed by atoms with Crippen molar-refractivity contribution in [2.24, 2.45) is 0 Å². The summed E-state index contributed by atoms with van der Waals surface area (Å²) in [6.45, 7) is 26.5. The van der Waals surface area contributed by atoms with Gasteiger partial charge in [-0.25, -0.2) is 0 Å². The number of fused-ring (bicyclic) bond motifs is 16. The monoisotopic (exact) mass is 1540 g/mol. The van der Waals surface area contributed by atoms with E-state index in [-0.39, 0.29) is 0 Å². The van der Waals surface area contributed by atoms with E-state index < -0.39 is 0 Å². The van der Waals surface area contributed by atoms with E-state index in [1.807, 2.05) is 0 Å². The molecule has 0 atom stereocenters. The van der Waals surface area contributed by atoms with Gasteiger partial charge in [0, 0.05) is 86.2 Å². The summed E-state index contributed by atoms with van der Waals surface area (Å²) in [6.07, 6.45) is 0. The van der Waals surface area contributed by atoms with Crippen LogP contribution in [0.3, 0.4) is 0 Å². The van der Waals surface area contributed by atoms with E-state index in [0.29, 0.717) is 0 Å². The quantitative estimate of drug-likeness (QED) is 0.142. The Kier molecular flexibility index (Phi) is 15.7. The van der Waals surface area contributed by atoms with Crippen molar-refractivity contribution in [3.05, 3.63) is 358 Å². The van der Waals surface area contributed by atoms with Crippen LogP contribution in [0.15, 0.2) is 309 Å². The zero-order chi connectivity index (χ0) is 81.1. The number of hydrogen-bond acceptors (Lipinski definition) is 4. The Bertz CT molecular complexity index is 7940. The molecular formula is C116H84O4. The van der Waals surface area contributed by atoms with Crippen LogP contribution in [0, 0.1) is 83.1 Å². The van der Waals surface area contributed by atoms with E-state index in [0.717, 1.165) is 132 Å². The highest BCUT2D eigenvalue weighted by molar-refractivity contribution is 6.41. The molecule has 0 spiro atoms. The van der Waals surface area contributed by atoms with E-state index in [1.54, 1.807) is 0 Å². The van der Waals surface area contributed by atoms with Crippen LogP contribution in [0.1, 0.15) is 66.8 Å². The fourth-order valence-electron chi connectivity index (χ4n) is 20.8. The van der Waals surface area contributed by atoms with Crippen molar-refractivity contribution in [1.29, 1.82) is 0 Å². The van der Waals surface area contributed by atoms with Crippen molar-refractivity contribution in [1.82, 2.24) is 0 Å². The smallest absolute Gasteiger partial charge is 0.143 e. The molecule has 4 aromatic heterocycles. The van der Waals surface area contributed by atoms with Crippen LogP contribution >= 0.6 is 0 Å². The summed E-state index contributed by atoms with van der Waals surface area (Å²) in [5, 5.41) is 23.2. The van der Waals surface area contributed by atoms with Crippen molar-refractivity contribution in [3.8, 4) is 89.0 Å². The average Bonchev–Trinajstić information content (AvgIpc) is 1.35. The van der Waals surface area contributed by atoms with E-state index in [1.165, 1.54) is 177 Å². The molecule has 0 radical (unpaired) electrons. The fourth-order valence-corrected chi connectivity index (χ4v) is 20.8. The van der Waals surface area contributed by atoms with Crippen molar-refractivity contribution in [2.45, 2.75) is 83.1 Å². The standard InChI is InChI=1S/2C58H42O2/c1-31-11-7-17-37(23-31)39-19-21-41-47-27-45-44(54-35(5)15-10-16-36(54)6)30-50-56-46(28-48-42-22-20-40(26-52(42)60-58(48)50)38-18-8-12-32(2)24-38)43(53-33(3)13-9-14-34(53)4)29-49(55(45)56)57(47)59-51(41)25-39;1-31-13-17-37(18-14-31)39-21-23-41-47-27-45-44(54-35(5)11-8-12-36(54)6)30-50-56-46(28-48-42-24-22-40(26-52(42)60-58(48)50)38-19-15-32(2)16-20-38)43(53-33(3)9-7-10-34(53)4)29-49(55(45)56)57(47)59-51(41)25-39/h2*7-30H,1-6H3. The SMILES string of the molecule is Cc1ccc(-c2ccc3c(c2)oc2c3cc3c(-c4c(C)cccc4C)cc4c5oc6cc(-c7ccc(C)cc7)ccc6c5cc5c(-c6c(C)cccc6C)cc2c3c54)cc1.Cc1cccc(-c2ccc3c(c2)oc2c3cc3c(-c4c(C)cccc4C)cc4c5oc6cc(-c7cccc(C)c7)ccc6c5cc5c(-c6c(C)cccc6C)cc2c3c54)c1. The van der Waals surface area contributed by atoms with Crippen molar-refractivity contribution < 1.29 is 17.7 Å². The molecule has 24 rings (SSSR count). The molecule has 0 amide bonds. The first-order chi connectivity index (χ1) is 58.4. The topological polar surface area (TPSA) is 52.6 Å². The summed E-state index contributed by atoms with van der Waals surface area (Å²) in [5.41, 5.74) is 41.5. The van der Waals surface area contributed by atoms with Crippen LogP contribution in [0.25, 0.3) is 241 Å². The molecule has 572 valence electrons. The Morgan fingerprint density at radius 3 is 0.608 bits per heavy atom. The molecule has 120 heavy (non-hydrogen) atoms. The van der Waals surface area contributed by atoms with Crippen LogP contribution < -0.4 is 0 Å². The molecule has 0 fully saturated rings. The van der Waals surface area contributed by atoms with E-state index >= 15 is 0 Å². The Morgan fingerprint density at radius 2 is 0.367 bits per heavy atom. The lowest BCUT2D eigenvalue weighted by Gasteiger charge is -2.21. The lowest BCUT2D eigenvalue weighted by Crippen LogP contribution is -1.96. The van der Waals surface area contributed by atoms with Gasteiger partial charge in [-0.05, 0) is 335 Å². The minimum atomic E-state index is 0.893. The summed E-state index contributed by atoms with van der Waals surface area (Å²) in [6, 6.07) is 108. The molecule has 0 saturated heterocycles. The van der Waals surface area contributed by atoms with Gasteiger partial charge in [0.05, 0.1) is 0 Å². The van der Waals surface area contributed by atoms with Crippen LogP contribution in [0.4, 0.5) is 0 Å². The van der Waals surface area contributed by atoms with Crippen LogP contribution in [0.5, 0.6) is 0 Å². The predicted octanol–water partition coefficient (Wildman–Crippen LogP) is 33.8. The van der Waals surface area contributed by atoms with E-state index in [4.69, 9.17) is 17.7 Å². The molecule has 4 nitrogen and oxygen atoms in total. The van der Waals surface area contributed by atoms with Gasteiger partial charge in [-0.3, -0.25) is 0 Å². The van der Waals surface area contributed by atoms with Crippen molar-refractivity contribution in [2.75, 3.05) is 0 Å². The first-order valence-electron chi connectivity index (χ1n) is 42.0. The number of furan rings is 4. The van der Waals surface area contributed by atoms with Crippen molar-refractivity contribution >= 4 is 152 Å². The molecule has 0 aliphatic rings. The molecule has 24 aromatic rings. The summed E-state index contributed by atoms with van der Waals surface area (Å²) >= 11 is 0. The zero-order valence-corrected chi connectivity index (χ0v) is 69.3. The van der Waals surface area contributed by atoms with Gasteiger partial charge in [0.25, 0.3) is 0 Å². The van der Waals surface area contributed by atoms with Gasteiger partial charge in [0.2, 0.25) is 0 Å². The highest BCUT2D eigenvalue weighted by Crippen LogP contribution is 2.56. The molecule has 0 N–H and O–H groups in total. The first kappa shape index (κ1) is 71.0. The van der Waals surface area contributed by atoms with Gasteiger partial charge in [-0.2, -0.15) is 0 Å². The minimum absolute atomic E-state index is 0.893. The number of hydrogen-bond donors (Lipinski definition) is 0. The van der Waals surface area contributed by atoms with Gasteiger partial charge < -0.3 is 17.7 Å². The van der Waals surface area contributed by atoms with Crippen LogP contribution in [-0.2, 0) is 0 Å². The summed E-state index contributed by atoms with van der Waals surface area (Å²) < 4.78 is 28.5. The normalized spacial score (nSPS) is 12.2. The predicted molar refractivity (Wildman–Crippen MR) is 510 cm³/mol. The molecule has 0 saturated carbocycles. The highest BCUT2D eigenvalue weighted by Gasteiger charge is 2.30. The first-order valence-corrected chi connectivity index (χ1v) is 42.0. The maximum atomic E-state index is 7.12. The maximum Gasteiger partial charge on any atom is 0.143 e. The third kappa shape index (κ3) is 10.8. The zero-order valence-electron chi connectivity index (χ0n) is 69.3. The van der Waals surface area contributed by atoms with Gasteiger partial charge in [-0.15, -0.1) is 0 Å². The van der Waals surface area contributed by atoms with Crippen LogP contribution in [0.2, 0.25) is 0 Å². The lowest BCUT2D eigenvalue weighted by molar-refractivity contribution is 0.672. The second kappa shape index (κ2) is 26.6. The Hall–Kier alpha value is -14.3. The lowest BCUT2D eigenvalue weighted by atomic mass is 9.81. The summed E-state index contributed by atoms with van der Waals surface area (Å²) in [7, 11) is 0. The number of aryl methyl sites for hydroxylation is 12. The summed E-state index contributed by atoms with van der Waals surface area (Å²) in [5.74, 6) is 0. The minimum Gasteiger partial charge on any atom is -0.455 e. The van der Waals surface area contributed by atoms with Crippen LogP contribution in [-0.4, -0.2) is 0 Å².